The minimum absolute atomic E-state index is 0.123. The Morgan fingerprint density at radius 3 is 2.29 bits per heavy atom. The summed E-state index contributed by atoms with van der Waals surface area (Å²) < 4.78 is 5.81. The molecule has 2 heteroatoms. The second-order valence-electron chi connectivity index (χ2n) is 7.93. The van der Waals surface area contributed by atoms with Crippen molar-refractivity contribution in [1.29, 1.82) is 0 Å². The standard InChI is InChI=1S/C19H28O2/c1-18(2,3)17-6-4-5-13-19(17,20)14-7-9-15(10-8-14)21-16-11-12-16/h7-10,16-17,20H,4-6,11-13H2,1-3H3. The fourth-order valence-electron chi connectivity index (χ4n) is 3.85. The molecule has 3 rings (SSSR count). The molecule has 0 amide bonds. The molecule has 0 heterocycles. The summed E-state index contributed by atoms with van der Waals surface area (Å²) in [6.07, 6.45) is 7.11. The third-order valence-corrected chi connectivity index (χ3v) is 5.10. The Kier molecular flexibility index (Phi) is 3.77. The summed E-state index contributed by atoms with van der Waals surface area (Å²) in [5, 5.41) is 11.4. The fraction of sp³-hybridized carbons (Fsp3) is 0.684. The van der Waals surface area contributed by atoms with Crippen LogP contribution in [-0.2, 0) is 5.60 Å². The first-order valence-corrected chi connectivity index (χ1v) is 8.39. The molecule has 0 aromatic heterocycles. The summed E-state index contributed by atoms with van der Waals surface area (Å²) in [4.78, 5) is 0. The third-order valence-electron chi connectivity index (χ3n) is 5.10. The van der Waals surface area contributed by atoms with E-state index >= 15 is 0 Å². The van der Waals surface area contributed by atoms with E-state index in [1.54, 1.807) is 0 Å². The summed E-state index contributed by atoms with van der Waals surface area (Å²) in [5.74, 6) is 1.25. The number of hydrogen-bond donors (Lipinski definition) is 1. The summed E-state index contributed by atoms with van der Waals surface area (Å²) in [5.41, 5.74) is 0.498. The van der Waals surface area contributed by atoms with E-state index in [1.165, 1.54) is 19.3 Å². The van der Waals surface area contributed by atoms with Crippen LogP contribution >= 0.6 is 0 Å². The quantitative estimate of drug-likeness (QED) is 0.877. The Balaban J connectivity index is 1.84. The number of rotatable bonds is 3. The van der Waals surface area contributed by atoms with Gasteiger partial charge in [0.25, 0.3) is 0 Å². The summed E-state index contributed by atoms with van der Waals surface area (Å²) in [7, 11) is 0. The highest BCUT2D eigenvalue weighted by Gasteiger charge is 2.45. The molecule has 116 valence electrons. The highest BCUT2D eigenvalue weighted by atomic mass is 16.5. The zero-order valence-corrected chi connectivity index (χ0v) is 13.6. The van der Waals surface area contributed by atoms with Crippen LogP contribution < -0.4 is 4.74 Å². The van der Waals surface area contributed by atoms with Crippen LogP contribution in [0.25, 0.3) is 0 Å². The van der Waals surface area contributed by atoms with Crippen molar-refractivity contribution in [1.82, 2.24) is 0 Å². The maximum atomic E-state index is 11.4. The van der Waals surface area contributed by atoms with Gasteiger partial charge in [-0.15, -0.1) is 0 Å². The van der Waals surface area contributed by atoms with Gasteiger partial charge in [0, 0.05) is 0 Å². The number of aliphatic hydroxyl groups is 1. The average Bonchev–Trinajstić information content (AvgIpc) is 3.22. The number of ether oxygens (including phenoxy) is 1. The summed E-state index contributed by atoms with van der Waals surface area (Å²) >= 11 is 0. The normalized spacial score (nSPS) is 30.2. The molecule has 2 atom stereocenters. The predicted molar refractivity (Wildman–Crippen MR) is 85.4 cm³/mol. The van der Waals surface area contributed by atoms with E-state index in [-0.39, 0.29) is 5.41 Å². The molecule has 1 aromatic carbocycles. The van der Waals surface area contributed by atoms with Gasteiger partial charge in [0.1, 0.15) is 5.75 Å². The van der Waals surface area contributed by atoms with Crippen LogP contribution in [0.4, 0.5) is 0 Å². The largest absolute Gasteiger partial charge is 0.490 e. The third kappa shape index (κ3) is 3.11. The lowest BCUT2D eigenvalue weighted by atomic mass is 9.61. The van der Waals surface area contributed by atoms with Crippen LogP contribution in [-0.4, -0.2) is 11.2 Å². The Labute approximate surface area is 128 Å². The lowest BCUT2D eigenvalue weighted by molar-refractivity contribution is -0.0959. The van der Waals surface area contributed by atoms with Crippen LogP contribution in [0.5, 0.6) is 5.75 Å². The fourth-order valence-corrected chi connectivity index (χ4v) is 3.85. The first kappa shape index (κ1) is 14.9. The first-order valence-electron chi connectivity index (χ1n) is 8.39. The molecule has 0 spiro atoms. The van der Waals surface area contributed by atoms with E-state index in [0.29, 0.717) is 12.0 Å². The maximum Gasteiger partial charge on any atom is 0.119 e. The van der Waals surface area contributed by atoms with Crippen LogP contribution in [0.3, 0.4) is 0 Å². The molecule has 2 aliphatic rings. The molecule has 0 aliphatic heterocycles. The van der Waals surface area contributed by atoms with Gasteiger partial charge in [0.2, 0.25) is 0 Å². The van der Waals surface area contributed by atoms with Crippen molar-refractivity contribution in [2.75, 3.05) is 0 Å². The average molecular weight is 288 g/mol. The summed E-state index contributed by atoms with van der Waals surface area (Å²) in [6.45, 7) is 6.75. The summed E-state index contributed by atoms with van der Waals surface area (Å²) in [6, 6.07) is 8.20. The van der Waals surface area contributed by atoms with Gasteiger partial charge in [0.05, 0.1) is 11.7 Å². The van der Waals surface area contributed by atoms with E-state index in [1.807, 2.05) is 12.1 Å². The highest BCUT2D eigenvalue weighted by molar-refractivity contribution is 5.32. The highest BCUT2D eigenvalue weighted by Crippen LogP contribution is 2.49. The Hall–Kier alpha value is -1.02. The molecule has 0 saturated heterocycles. The molecule has 2 unspecified atom stereocenters. The smallest absolute Gasteiger partial charge is 0.119 e. The molecule has 0 radical (unpaired) electrons. The SMILES string of the molecule is CC(C)(C)C1CCCCC1(O)c1ccc(OC2CC2)cc1. The topological polar surface area (TPSA) is 29.5 Å². The van der Waals surface area contributed by atoms with E-state index < -0.39 is 5.60 Å². The molecular formula is C19H28O2. The van der Waals surface area contributed by atoms with Crippen molar-refractivity contribution < 1.29 is 9.84 Å². The van der Waals surface area contributed by atoms with E-state index in [4.69, 9.17) is 4.74 Å². The van der Waals surface area contributed by atoms with E-state index in [9.17, 15) is 5.11 Å². The zero-order valence-electron chi connectivity index (χ0n) is 13.6. The second-order valence-corrected chi connectivity index (χ2v) is 7.93. The lowest BCUT2D eigenvalue weighted by Gasteiger charge is -2.47. The van der Waals surface area contributed by atoms with Gasteiger partial charge < -0.3 is 9.84 Å². The van der Waals surface area contributed by atoms with Crippen molar-refractivity contribution in [2.24, 2.45) is 11.3 Å². The van der Waals surface area contributed by atoms with Gasteiger partial charge >= 0.3 is 0 Å². The van der Waals surface area contributed by atoms with Crippen molar-refractivity contribution in [2.45, 2.75) is 71.0 Å². The molecule has 1 aromatic rings. The number of hydrogen-bond acceptors (Lipinski definition) is 2. The van der Waals surface area contributed by atoms with E-state index in [2.05, 4.69) is 32.9 Å². The predicted octanol–water partition coefficient (Wildman–Crippen LogP) is 4.65. The molecule has 21 heavy (non-hydrogen) atoms. The minimum atomic E-state index is -0.686. The molecule has 2 aliphatic carbocycles. The molecule has 2 saturated carbocycles. The minimum Gasteiger partial charge on any atom is -0.490 e. The van der Waals surface area contributed by atoms with Gasteiger partial charge in [-0.05, 0) is 54.7 Å². The van der Waals surface area contributed by atoms with Gasteiger partial charge in [-0.1, -0.05) is 45.7 Å². The second kappa shape index (κ2) is 5.31. The van der Waals surface area contributed by atoms with Gasteiger partial charge in [-0.3, -0.25) is 0 Å². The lowest BCUT2D eigenvalue weighted by Crippen LogP contribution is -2.44. The monoisotopic (exact) mass is 288 g/mol. The van der Waals surface area contributed by atoms with Crippen LogP contribution in [0, 0.1) is 11.3 Å². The molecule has 1 N–H and O–H groups in total. The first-order chi connectivity index (χ1) is 9.89. The molecule has 2 nitrogen and oxygen atoms in total. The zero-order chi connectivity index (χ0) is 15.1. The van der Waals surface area contributed by atoms with Crippen molar-refractivity contribution in [3.63, 3.8) is 0 Å². The molecular weight excluding hydrogens is 260 g/mol. The van der Waals surface area contributed by atoms with Gasteiger partial charge in [-0.2, -0.15) is 0 Å². The Morgan fingerprint density at radius 2 is 1.71 bits per heavy atom. The maximum absolute atomic E-state index is 11.4. The number of benzene rings is 1. The van der Waals surface area contributed by atoms with Crippen LogP contribution in [0.15, 0.2) is 24.3 Å². The van der Waals surface area contributed by atoms with Crippen molar-refractivity contribution >= 4 is 0 Å². The van der Waals surface area contributed by atoms with Crippen molar-refractivity contribution in [3.05, 3.63) is 29.8 Å². The van der Waals surface area contributed by atoms with Gasteiger partial charge in [-0.25, -0.2) is 0 Å². The van der Waals surface area contributed by atoms with Crippen LogP contribution in [0.1, 0.15) is 64.9 Å². The Morgan fingerprint density at radius 1 is 1.05 bits per heavy atom. The van der Waals surface area contributed by atoms with Crippen molar-refractivity contribution in [3.8, 4) is 5.75 Å². The molecule has 2 fully saturated rings. The Bertz CT molecular complexity index is 481. The van der Waals surface area contributed by atoms with Crippen LogP contribution in [0.2, 0.25) is 0 Å². The van der Waals surface area contributed by atoms with E-state index in [0.717, 1.165) is 30.6 Å². The molecule has 0 bridgehead atoms. The van der Waals surface area contributed by atoms with Gasteiger partial charge in [0.15, 0.2) is 0 Å².